The van der Waals surface area contributed by atoms with Gasteiger partial charge in [0.2, 0.25) is 5.95 Å². The maximum atomic E-state index is 8.76. The van der Waals surface area contributed by atoms with Crippen LogP contribution in [0.4, 0.5) is 11.8 Å². The number of aromatic nitrogens is 3. The van der Waals surface area contributed by atoms with E-state index >= 15 is 0 Å². The van der Waals surface area contributed by atoms with Crippen molar-refractivity contribution < 1.29 is 0 Å². The maximum absolute atomic E-state index is 8.76. The van der Waals surface area contributed by atoms with Gasteiger partial charge in [0.25, 0.3) is 0 Å². The first-order valence-electron chi connectivity index (χ1n) is 5.78. The molecule has 2 heterocycles. The summed E-state index contributed by atoms with van der Waals surface area (Å²) < 4.78 is 0. The van der Waals surface area contributed by atoms with E-state index in [0.717, 1.165) is 11.4 Å². The van der Waals surface area contributed by atoms with Crippen LogP contribution in [0.5, 0.6) is 0 Å². The van der Waals surface area contributed by atoms with E-state index < -0.39 is 0 Å². The van der Waals surface area contributed by atoms with Gasteiger partial charge < -0.3 is 10.2 Å². The molecular formula is C13H14N6. The van der Waals surface area contributed by atoms with Gasteiger partial charge in [-0.05, 0) is 23.8 Å². The van der Waals surface area contributed by atoms with Gasteiger partial charge in [-0.15, -0.1) is 0 Å². The molecule has 2 aromatic heterocycles. The fourth-order valence-electron chi connectivity index (χ4n) is 1.50. The Morgan fingerprint density at radius 1 is 1.26 bits per heavy atom. The molecule has 0 amide bonds. The SMILES string of the molecule is CN(C)c1cc(CNc2nccc(C#N)n2)ccn1. The molecule has 96 valence electrons. The Labute approximate surface area is 111 Å². The Morgan fingerprint density at radius 2 is 2.05 bits per heavy atom. The molecule has 6 heteroatoms. The fourth-order valence-corrected chi connectivity index (χ4v) is 1.50. The Morgan fingerprint density at radius 3 is 2.79 bits per heavy atom. The normalized spacial score (nSPS) is 9.74. The average molecular weight is 254 g/mol. The van der Waals surface area contributed by atoms with Crippen LogP contribution in [0, 0.1) is 11.3 Å². The van der Waals surface area contributed by atoms with Gasteiger partial charge in [-0.3, -0.25) is 0 Å². The summed E-state index contributed by atoms with van der Waals surface area (Å²) in [5, 5.41) is 11.8. The molecule has 0 saturated heterocycles. The molecule has 0 unspecified atom stereocenters. The van der Waals surface area contributed by atoms with E-state index in [0.29, 0.717) is 18.2 Å². The van der Waals surface area contributed by atoms with E-state index in [1.54, 1.807) is 18.5 Å². The van der Waals surface area contributed by atoms with Crippen LogP contribution in [0.1, 0.15) is 11.3 Å². The topological polar surface area (TPSA) is 77.7 Å². The van der Waals surface area contributed by atoms with Crippen LogP contribution in [-0.2, 0) is 6.54 Å². The van der Waals surface area contributed by atoms with E-state index in [1.807, 2.05) is 37.2 Å². The molecule has 0 radical (unpaired) electrons. The minimum atomic E-state index is 0.348. The van der Waals surface area contributed by atoms with Gasteiger partial charge in [-0.2, -0.15) is 5.26 Å². The molecule has 2 aromatic rings. The van der Waals surface area contributed by atoms with Gasteiger partial charge in [0.05, 0.1) is 0 Å². The molecule has 6 nitrogen and oxygen atoms in total. The van der Waals surface area contributed by atoms with Gasteiger partial charge in [0.15, 0.2) is 0 Å². The summed E-state index contributed by atoms with van der Waals surface area (Å²) in [6, 6.07) is 7.46. The lowest BCUT2D eigenvalue weighted by Crippen LogP contribution is -2.11. The van der Waals surface area contributed by atoms with Crippen LogP contribution in [0.2, 0.25) is 0 Å². The highest BCUT2D eigenvalue weighted by atomic mass is 15.1. The minimum Gasteiger partial charge on any atom is -0.363 e. The summed E-state index contributed by atoms with van der Waals surface area (Å²) in [6.07, 6.45) is 3.32. The summed E-state index contributed by atoms with van der Waals surface area (Å²) in [5.41, 5.74) is 1.42. The molecule has 0 saturated carbocycles. The second-order valence-electron chi connectivity index (χ2n) is 4.15. The van der Waals surface area contributed by atoms with Crippen LogP contribution in [-0.4, -0.2) is 29.0 Å². The van der Waals surface area contributed by atoms with E-state index in [1.165, 1.54) is 0 Å². The number of anilines is 2. The lowest BCUT2D eigenvalue weighted by Gasteiger charge is -2.12. The second kappa shape index (κ2) is 5.78. The number of nitrogens with zero attached hydrogens (tertiary/aromatic N) is 5. The zero-order chi connectivity index (χ0) is 13.7. The van der Waals surface area contributed by atoms with Gasteiger partial charge in [0.1, 0.15) is 17.6 Å². The molecule has 0 aliphatic heterocycles. The Bertz CT molecular complexity index is 602. The summed E-state index contributed by atoms with van der Waals surface area (Å²) in [6.45, 7) is 0.582. The summed E-state index contributed by atoms with van der Waals surface area (Å²) in [4.78, 5) is 14.3. The molecule has 0 aliphatic carbocycles. The highest BCUT2D eigenvalue weighted by Crippen LogP contribution is 2.10. The highest BCUT2D eigenvalue weighted by Gasteiger charge is 2.01. The van der Waals surface area contributed by atoms with Crippen molar-refractivity contribution in [3.63, 3.8) is 0 Å². The zero-order valence-corrected chi connectivity index (χ0v) is 10.8. The molecule has 0 bridgehead atoms. The predicted molar refractivity (Wildman–Crippen MR) is 72.6 cm³/mol. The zero-order valence-electron chi connectivity index (χ0n) is 10.8. The van der Waals surface area contributed by atoms with Crippen molar-refractivity contribution in [3.8, 4) is 6.07 Å². The van der Waals surface area contributed by atoms with Crippen molar-refractivity contribution in [1.82, 2.24) is 15.0 Å². The third kappa shape index (κ3) is 3.39. The molecule has 0 spiro atoms. The standard InChI is InChI=1S/C13H14N6/c1-19(2)12-7-10(3-5-15-12)9-17-13-16-6-4-11(8-14)18-13/h3-7H,9H2,1-2H3,(H,16,17,18). The van der Waals surface area contributed by atoms with Crippen LogP contribution in [0.3, 0.4) is 0 Å². The first kappa shape index (κ1) is 12.8. The first-order chi connectivity index (χ1) is 9.19. The fraction of sp³-hybridized carbons (Fsp3) is 0.231. The second-order valence-corrected chi connectivity index (χ2v) is 4.15. The largest absolute Gasteiger partial charge is 0.363 e. The van der Waals surface area contributed by atoms with Crippen molar-refractivity contribution in [2.24, 2.45) is 0 Å². The molecule has 0 aromatic carbocycles. The van der Waals surface area contributed by atoms with E-state index in [9.17, 15) is 0 Å². The number of hydrogen-bond donors (Lipinski definition) is 1. The maximum Gasteiger partial charge on any atom is 0.224 e. The van der Waals surface area contributed by atoms with Crippen LogP contribution in [0.15, 0.2) is 30.6 Å². The third-order valence-electron chi connectivity index (χ3n) is 2.49. The van der Waals surface area contributed by atoms with Crippen LogP contribution < -0.4 is 10.2 Å². The number of nitriles is 1. The molecule has 0 fully saturated rings. The summed E-state index contributed by atoms with van der Waals surface area (Å²) >= 11 is 0. The molecule has 0 aliphatic rings. The lowest BCUT2D eigenvalue weighted by molar-refractivity contribution is 1.02. The van der Waals surface area contributed by atoms with E-state index in [-0.39, 0.29) is 0 Å². The van der Waals surface area contributed by atoms with Crippen molar-refractivity contribution in [2.75, 3.05) is 24.3 Å². The number of rotatable bonds is 4. The molecule has 0 atom stereocenters. The van der Waals surface area contributed by atoms with Crippen molar-refractivity contribution in [1.29, 1.82) is 5.26 Å². The number of pyridine rings is 1. The monoisotopic (exact) mass is 254 g/mol. The third-order valence-corrected chi connectivity index (χ3v) is 2.49. The van der Waals surface area contributed by atoms with Gasteiger partial charge in [-0.1, -0.05) is 0 Å². The molecule has 2 rings (SSSR count). The van der Waals surface area contributed by atoms with Crippen molar-refractivity contribution in [2.45, 2.75) is 6.54 Å². The van der Waals surface area contributed by atoms with Crippen molar-refractivity contribution >= 4 is 11.8 Å². The van der Waals surface area contributed by atoms with Gasteiger partial charge in [-0.25, -0.2) is 15.0 Å². The Hall–Kier alpha value is -2.68. The smallest absolute Gasteiger partial charge is 0.224 e. The molecule has 19 heavy (non-hydrogen) atoms. The Balaban J connectivity index is 2.06. The van der Waals surface area contributed by atoms with Gasteiger partial charge in [0, 0.05) is 33.0 Å². The van der Waals surface area contributed by atoms with Crippen LogP contribution in [0.25, 0.3) is 0 Å². The van der Waals surface area contributed by atoms with E-state index in [4.69, 9.17) is 5.26 Å². The van der Waals surface area contributed by atoms with Crippen LogP contribution >= 0.6 is 0 Å². The summed E-state index contributed by atoms with van der Waals surface area (Å²) in [7, 11) is 3.89. The molecular weight excluding hydrogens is 240 g/mol. The molecule has 1 N–H and O–H groups in total. The average Bonchev–Trinajstić information content (AvgIpc) is 2.45. The predicted octanol–water partition coefficient (Wildman–Crippen LogP) is 1.42. The Kier molecular flexibility index (Phi) is 3.88. The highest BCUT2D eigenvalue weighted by molar-refractivity contribution is 5.40. The minimum absolute atomic E-state index is 0.348. The number of nitrogens with one attached hydrogen (secondary N) is 1. The van der Waals surface area contributed by atoms with Crippen molar-refractivity contribution in [3.05, 3.63) is 41.9 Å². The first-order valence-corrected chi connectivity index (χ1v) is 5.78. The quantitative estimate of drug-likeness (QED) is 0.889. The van der Waals surface area contributed by atoms with Gasteiger partial charge >= 0.3 is 0 Å². The lowest BCUT2D eigenvalue weighted by atomic mass is 10.2. The van der Waals surface area contributed by atoms with E-state index in [2.05, 4.69) is 20.3 Å². The number of hydrogen-bond acceptors (Lipinski definition) is 6. The summed E-state index contributed by atoms with van der Waals surface area (Å²) in [5.74, 6) is 1.34.